The molecule has 21 heavy (non-hydrogen) atoms. The zero-order chi connectivity index (χ0) is 15.5. The highest BCUT2D eigenvalue weighted by Gasteiger charge is 2.40. The number of likely N-dealkylation sites (tertiary alicyclic amines) is 1. The van der Waals surface area contributed by atoms with E-state index in [1.165, 1.54) is 18.9 Å². The summed E-state index contributed by atoms with van der Waals surface area (Å²) in [5.41, 5.74) is 7.29. The van der Waals surface area contributed by atoms with Crippen LogP contribution in [0, 0.1) is 5.82 Å². The summed E-state index contributed by atoms with van der Waals surface area (Å²) in [6.45, 7) is 6.66. The van der Waals surface area contributed by atoms with Gasteiger partial charge >= 0.3 is 0 Å². The first kappa shape index (κ1) is 16.9. The molecule has 118 valence electrons. The molecule has 0 spiro atoms. The van der Waals surface area contributed by atoms with Crippen molar-refractivity contribution in [2.24, 2.45) is 5.73 Å². The molecule has 1 aromatic rings. The van der Waals surface area contributed by atoms with Gasteiger partial charge in [-0.1, -0.05) is 35.8 Å². The van der Waals surface area contributed by atoms with Crippen LogP contribution in [0.5, 0.6) is 0 Å². The maximum Gasteiger partial charge on any atom is 0.127 e. The highest BCUT2D eigenvalue weighted by atomic mass is 79.9. The molecule has 1 fully saturated rings. The van der Waals surface area contributed by atoms with Crippen molar-refractivity contribution in [2.45, 2.75) is 57.5 Å². The molecule has 0 amide bonds. The lowest BCUT2D eigenvalue weighted by atomic mass is 9.80. The third-order valence-electron chi connectivity index (χ3n) is 5.11. The first-order chi connectivity index (χ1) is 10.0. The average Bonchev–Trinajstić information content (AvgIpc) is 2.99. The van der Waals surface area contributed by atoms with Crippen molar-refractivity contribution < 1.29 is 4.39 Å². The van der Waals surface area contributed by atoms with Gasteiger partial charge in [0, 0.05) is 16.1 Å². The van der Waals surface area contributed by atoms with E-state index in [-0.39, 0.29) is 17.4 Å². The van der Waals surface area contributed by atoms with E-state index in [1.54, 1.807) is 0 Å². The van der Waals surface area contributed by atoms with Crippen molar-refractivity contribution in [1.82, 2.24) is 4.90 Å². The Morgan fingerprint density at radius 2 is 1.90 bits per heavy atom. The van der Waals surface area contributed by atoms with Crippen LogP contribution < -0.4 is 5.73 Å². The second-order valence-corrected chi connectivity index (χ2v) is 6.97. The fourth-order valence-electron chi connectivity index (χ4n) is 3.73. The molecule has 1 aromatic carbocycles. The lowest BCUT2D eigenvalue weighted by Crippen LogP contribution is -2.59. The zero-order valence-corrected chi connectivity index (χ0v) is 14.6. The molecule has 2 N–H and O–H groups in total. The first-order valence-corrected chi connectivity index (χ1v) is 8.77. The molecule has 1 atom stereocenters. The lowest BCUT2D eigenvalue weighted by molar-refractivity contribution is 0.0765. The minimum absolute atomic E-state index is 0.00395. The highest BCUT2D eigenvalue weighted by Crippen LogP contribution is 2.32. The molecule has 1 heterocycles. The molecule has 0 saturated carbocycles. The summed E-state index contributed by atoms with van der Waals surface area (Å²) >= 11 is 3.30. The molecule has 4 heteroatoms. The van der Waals surface area contributed by atoms with Gasteiger partial charge in [-0.25, -0.2) is 4.39 Å². The smallest absolute Gasteiger partial charge is 0.127 e. The minimum atomic E-state index is -0.164. The number of halogens is 2. The third kappa shape index (κ3) is 3.49. The van der Waals surface area contributed by atoms with Gasteiger partial charge in [0.05, 0.1) is 0 Å². The summed E-state index contributed by atoms with van der Waals surface area (Å²) in [5.74, 6) is -0.164. The van der Waals surface area contributed by atoms with Crippen LogP contribution in [0.1, 0.15) is 45.1 Å². The lowest BCUT2D eigenvalue weighted by Gasteiger charge is -2.45. The van der Waals surface area contributed by atoms with Gasteiger partial charge in [-0.05, 0) is 62.9 Å². The molecular weight excluding hydrogens is 331 g/mol. The number of nitrogens with two attached hydrogens (primary N) is 1. The second-order valence-electron chi connectivity index (χ2n) is 6.05. The predicted molar refractivity (Wildman–Crippen MR) is 89.9 cm³/mol. The molecule has 1 aliphatic heterocycles. The molecule has 2 nitrogen and oxygen atoms in total. The molecule has 2 rings (SSSR count). The number of hydrogen-bond acceptors (Lipinski definition) is 2. The van der Waals surface area contributed by atoms with Crippen LogP contribution in [-0.2, 0) is 6.42 Å². The summed E-state index contributed by atoms with van der Waals surface area (Å²) in [4.78, 5) is 2.54. The number of benzene rings is 1. The van der Waals surface area contributed by atoms with Gasteiger partial charge in [-0.2, -0.15) is 0 Å². The molecule has 0 bridgehead atoms. The fraction of sp³-hybridized carbons (Fsp3) is 0.647. The Bertz CT molecular complexity index is 468. The maximum absolute atomic E-state index is 14.1. The third-order valence-corrected chi connectivity index (χ3v) is 5.60. The molecule has 0 radical (unpaired) electrons. The fourth-order valence-corrected chi connectivity index (χ4v) is 4.07. The topological polar surface area (TPSA) is 29.3 Å². The Labute approximate surface area is 136 Å². The monoisotopic (exact) mass is 356 g/mol. The van der Waals surface area contributed by atoms with Crippen LogP contribution in [0.15, 0.2) is 22.7 Å². The predicted octanol–water partition coefficient (Wildman–Crippen LogP) is 4.11. The van der Waals surface area contributed by atoms with Gasteiger partial charge < -0.3 is 5.73 Å². The van der Waals surface area contributed by atoms with E-state index in [0.29, 0.717) is 6.42 Å². The molecule has 1 saturated heterocycles. The summed E-state index contributed by atoms with van der Waals surface area (Å²) in [7, 11) is 0. The standard InChI is InChI=1S/C17H26BrFN2/c1-3-17(4-2,21-9-5-6-10-21)16(20)11-13-7-8-14(18)12-15(13)19/h7-8,12,16H,3-6,9-11,20H2,1-2H3. The molecule has 1 aliphatic rings. The number of nitrogens with zero attached hydrogens (tertiary/aromatic N) is 1. The van der Waals surface area contributed by atoms with E-state index in [0.717, 1.165) is 36.0 Å². The van der Waals surface area contributed by atoms with Crippen LogP contribution in [0.3, 0.4) is 0 Å². The van der Waals surface area contributed by atoms with Crippen molar-refractivity contribution in [1.29, 1.82) is 0 Å². The van der Waals surface area contributed by atoms with E-state index in [4.69, 9.17) is 5.73 Å². The Kier molecular flexibility index (Phi) is 5.81. The van der Waals surface area contributed by atoms with Gasteiger partial charge in [-0.3, -0.25) is 4.90 Å². The van der Waals surface area contributed by atoms with Crippen molar-refractivity contribution in [3.8, 4) is 0 Å². The Balaban J connectivity index is 2.20. The van der Waals surface area contributed by atoms with E-state index in [9.17, 15) is 4.39 Å². The minimum Gasteiger partial charge on any atom is -0.326 e. The van der Waals surface area contributed by atoms with E-state index in [2.05, 4.69) is 34.7 Å². The van der Waals surface area contributed by atoms with E-state index in [1.807, 2.05) is 12.1 Å². The summed E-state index contributed by atoms with van der Waals surface area (Å²) in [5, 5.41) is 0. The van der Waals surface area contributed by atoms with Gasteiger partial charge in [0.2, 0.25) is 0 Å². The molecule has 0 aromatic heterocycles. The largest absolute Gasteiger partial charge is 0.326 e. The van der Waals surface area contributed by atoms with Crippen LogP contribution >= 0.6 is 15.9 Å². The van der Waals surface area contributed by atoms with Gasteiger partial charge in [-0.15, -0.1) is 0 Å². The Morgan fingerprint density at radius 3 is 2.43 bits per heavy atom. The number of hydrogen-bond donors (Lipinski definition) is 1. The summed E-state index contributed by atoms with van der Waals surface area (Å²) in [6, 6.07) is 5.22. The maximum atomic E-state index is 14.1. The van der Waals surface area contributed by atoms with E-state index < -0.39 is 0 Å². The average molecular weight is 357 g/mol. The Hall–Kier alpha value is -0.450. The first-order valence-electron chi connectivity index (χ1n) is 7.98. The van der Waals surface area contributed by atoms with Crippen molar-refractivity contribution in [3.05, 3.63) is 34.1 Å². The van der Waals surface area contributed by atoms with Crippen molar-refractivity contribution >= 4 is 15.9 Å². The van der Waals surface area contributed by atoms with Crippen molar-refractivity contribution in [3.63, 3.8) is 0 Å². The van der Waals surface area contributed by atoms with Gasteiger partial charge in [0.1, 0.15) is 5.82 Å². The quantitative estimate of drug-likeness (QED) is 0.830. The van der Waals surface area contributed by atoms with Gasteiger partial charge in [0.25, 0.3) is 0 Å². The van der Waals surface area contributed by atoms with Crippen LogP contribution in [0.25, 0.3) is 0 Å². The Morgan fingerprint density at radius 1 is 1.29 bits per heavy atom. The van der Waals surface area contributed by atoms with Crippen LogP contribution in [0.4, 0.5) is 4.39 Å². The second kappa shape index (κ2) is 7.21. The van der Waals surface area contributed by atoms with Crippen LogP contribution in [0.2, 0.25) is 0 Å². The molecule has 1 unspecified atom stereocenters. The van der Waals surface area contributed by atoms with Crippen LogP contribution in [-0.4, -0.2) is 29.6 Å². The summed E-state index contributed by atoms with van der Waals surface area (Å²) < 4.78 is 14.9. The number of rotatable bonds is 6. The molecule has 0 aliphatic carbocycles. The highest BCUT2D eigenvalue weighted by molar-refractivity contribution is 9.10. The summed E-state index contributed by atoms with van der Waals surface area (Å²) in [6.07, 6.45) is 5.13. The molecular formula is C17H26BrFN2. The zero-order valence-electron chi connectivity index (χ0n) is 13.0. The van der Waals surface area contributed by atoms with Gasteiger partial charge in [0.15, 0.2) is 0 Å². The normalized spacial score (nSPS) is 18.1. The SMILES string of the molecule is CCC(CC)(C(N)Cc1ccc(Br)cc1F)N1CCCC1. The van der Waals surface area contributed by atoms with Crippen molar-refractivity contribution in [2.75, 3.05) is 13.1 Å². The van der Waals surface area contributed by atoms with E-state index >= 15 is 0 Å².